The van der Waals surface area contributed by atoms with Crippen LogP contribution in [0.4, 0.5) is 11.5 Å². The van der Waals surface area contributed by atoms with E-state index in [1.54, 1.807) is 12.3 Å². The predicted molar refractivity (Wildman–Crippen MR) is 156 cm³/mol. The Balaban J connectivity index is 1.32. The summed E-state index contributed by atoms with van der Waals surface area (Å²) in [6.45, 7) is 1.88. The number of amides is 1. The van der Waals surface area contributed by atoms with E-state index < -0.39 is 0 Å². The van der Waals surface area contributed by atoms with E-state index >= 15 is 0 Å². The summed E-state index contributed by atoms with van der Waals surface area (Å²) in [5.74, 6) is 1.96. The van der Waals surface area contributed by atoms with Crippen LogP contribution in [0.3, 0.4) is 0 Å². The Hall–Kier alpha value is -3.95. The quantitative estimate of drug-likeness (QED) is 0.278. The fourth-order valence-corrected chi connectivity index (χ4v) is 5.05. The van der Waals surface area contributed by atoms with Gasteiger partial charge in [-0.15, -0.1) is 0 Å². The SMILES string of the molecule is CN(C)CC(=O)N1CCCCC1COc1cccc2ncnc(Nc3ccc(OCc4ccccn4)c(Cl)c3)c12. The third-order valence-corrected chi connectivity index (χ3v) is 7.05. The highest BCUT2D eigenvalue weighted by Crippen LogP contribution is 2.34. The molecule has 0 spiro atoms. The topological polar surface area (TPSA) is 92.7 Å². The predicted octanol–water partition coefficient (Wildman–Crippen LogP) is 5.32. The molecular formula is C30H33ClN6O3. The van der Waals surface area contributed by atoms with Crippen molar-refractivity contribution in [2.75, 3.05) is 39.1 Å². The molecule has 5 rings (SSSR count). The Bertz CT molecular complexity index is 1450. The Kier molecular flexibility index (Phi) is 8.93. The molecule has 4 aromatic rings. The average Bonchev–Trinajstić information content (AvgIpc) is 2.96. The van der Waals surface area contributed by atoms with Crippen molar-refractivity contribution < 1.29 is 14.3 Å². The highest BCUT2D eigenvalue weighted by atomic mass is 35.5. The molecule has 0 aliphatic carbocycles. The van der Waals surface area contributed by atoms with Crippen molar-refractivity contribution in [3.05, 3.63) is 77.8 Å². The molecule has 9 nitrogen and oxygen atoms in total. The normalized spacial score (nSPS) is 15.3. The molecule has 1 aliphatic rings. The van der Waals surface area contributed by atoms with Crippen molar-refractivity contribution in [1.82, 2.24) is 24.8 Å². The van der Waals surface area contributed by atoms with Gasteiger partial charge in [-0.1, -0.05) is 23.7 Å². The molecule has 1 amide bonds. The van der Waals surface area contributed by atoms with E-state index in [0.717, 1.165) is 48.1 Å². The maximum Gasteiger partial charge on any atom is 0.237 e. The minimum atomic E-state index is 0.0231. The average molecular weight is 561 g/mol. The van der Waals surface area contributed by atoms with Crippen LogP contribution in [0.1, 0.15) is 25.0 Å². The zero-order valence-corrected chi connectivity index (χ0v) is 23.5. The third kappa shape index (κ3) is 6.78. The van der Waals surface area contributed by atoms with Crippen LogP contribution in [0.15, 0.2) is 67.1 Å². The van der Waals surface area contributed by atoms with Crippen LogP contribution in [0.2, 0.25) is 5.02 Å². The number of aromatic nitrogens is 3. The number of ether oxygens (including phenoxy) is 2. The number of anilines is 2. The van der Waals surface area contributed by atoms with Gasteiger partial charge in [-0.25, -0.2) is 9.97 Å². The number of piperidine rings is 1. The number of benzene rings is 2. The molecule has 0 bridgehead atoms. The van der Waals surface area contributed by atoms with Gasteiger partial charge in [-0.05, 0) is 75.8 Å². The first kappa shape index (κ1) is 27.6. The fraction of sp³-hybridized carbons (Fsp3) is 0.333. The maximum atomic E-state index is 12.8. The first-order valence-electron chi connectivity index (χ1n) is 13.4. The van der Waals surface area contributed by atoms with Gasteiger partial charge in [-0.3, -0.25) is 9.78 Å². The Morgan fingerprint density at radius 3 is 2.75 bits per heavy atom. The largest absolute Gasteiger partial charge is 0.491 e. The number of nitrogens with zero attached hydrogens (tertiary/aromatic N) is 5. The number of carbonyl (C=O) groups is 1. The minimum Gasteiger partial charge on any atom is -0.491 e. The van der Waals surface area contributed by atoms with Crippen molar-refractivity contribution in [1.29, 1.82) is 0 Å². The van der Waals surface area contributed by atoms with Gasteiger partial charge in [0.2, 0.25) is 5.91 Å². The van der Waals surface area contributed by atoms with Crippen LogP contribution < -0.4 is 14.8 Å². The summed E-state index contributed by atoms with van der Waals surface area (Å²) in [5.41, 5.74) is 2.32. The lowest BCUT2D eigenvalue weighted by molar-refractivity contribution is -0.136. The summed E-state index contributed by atoms with van der Waals surface area (Å²) in [4.78, 5) is 29.9. The molecular weight excluding hydrogens is 528 g/mol. The maximum absolute atomic E-state index is 12.8. The standard InChI is InChI=1S/C30H33ClN6O3/c1-36(2)17-28(38)37-15-6-4-9-23(37)19-40-27-11-7-10-25-29(27)30(34-20-33-25)35-21-12-13-26(24(31)16-21)39-18-22-8-3-5-14-32-22/h3,5,7-8,10-14,16,20,23H,4,6,9,15,17-19H2,1-2H3,(H,33,34,35). The van der Waals surface area contributed by atoms with Gasteiger partial charge in [-0.2, -0.15) is 0 Å². The molecule has 3 heterocycles. The van der Waals surface area contributed by atoms with Crippen LogP contribution in [0.5, 0.6) is 11.5 Å². The van der Waals surface area contributed by atoms with Crippen molar-refractivity contribution in [3.63, 3.8) is 0 Å². The number of rotatable bonds is 10. The van der Waals surface area contributed by atoms with Gasteiger partial charge in [0.05, 0.1) is 34.2 Å². The fourth-order valence-electron chi connectivity index (χ4n) is 4.81. The lowest BCUT2D eigenvalue weighted by Gasteiger charge is -2.36. The monoisotopic (exact) mass is 560 g/mol. The molecule has 0 saturated carbocycles. The van der Waals surface area contributed by atoms with E-state index in [1.807, 2.05) is 72.4 Å². The summed E-state index contributed by atoms with van der Waals surface area (Å²) >= 11 is 6.54. The molecule has 40 heavy (non-hydrogen) atoms. The second kappa shape index (κ2) is 12.9. The number of likely N-dealkylation sites (tertiary alicyclic amines) is 1. The summed E-state index contributed by atoms with van der Waals surface area (Å²) in [6.07, 6.45) is 6.25. The minimum absolute atomic E-state index is 0.0231. The molecule has 1 unspecified atom stereocenters. The van der Waals surface area contributed by atoms with Crippen LogP contribution in [-0.2, 0) is 11.4 Å². The van der Waals surface area contributed by atoms with Gasteiger partial charge < -0.3 is 24.6 Å². The van der Waals surface area contributed by atoms with E-state index in [4.69, 9.17) is 21.1 Å². The summed E-state index contributed by atoms with van der Waals surface area (Å²) in [7, 11) is 3.82. The van der Waals surface area contributed by atoms with Gasteiger partial charge in [0.1, 0.15) is 36.9 Å². The van der Waals surface area contributed by atoms with Crippen molar-refractivity contribution in [2.45, 2.75) is 31.9 Å². The number of likely N-dealkylation sites (N-methyl/N-ethyl adjacent to an activating group) is 1. The van der Waals surface area contributed by atoms with Crippen molar-refractivity contribution >= 4 is 39.9 Å². The van der Waals surface area contributed by atoms with E-state index in [0.29, 0.717) is 42.1 Å². The van der Waals surface area contributed by atoms with Gasteiger partial charge >= 0.3 is 0 Å². The van der Waals surface area contributed by atoms with Crippen molar-refractivity contribution in [3.8, 4) is 11.5 Å². The first-order valence-corrected chi connectivity index (χ1v) is 13.8. The van der Waals surface area contributed by atoms with Crippen LogP contribution >= 0.6 is 11.6 Å². The zero-order chi connectivity index (χ0) is 27.9. The van der Waals surface area contributed by atoms with Gasteiger partial charge in [0.25, 0.3) is 0 Å². The molecule has 1 fully saturated rings. The Morgan fingerprint density at radius 1 is 1.05 bits per heavy atom. The highest BCUT2D eigenvalue weighted by Gasteiger charge is 2.27. The number of halogens is 1. The third-order valence-electron chi connectivity index (χ3n) is 6.75. The highest BCUT2D eigenvalue weighted by molar-refractivity contribution is 6.32. The number of carbonyl (C=O) groups excluding carboxylic acids is 1. The first-order chi connectivity index (χ1) is 19.5. The number of fused-ring (bicyclic) bond motifs is 1. The summed E-state index contributed by atoms with van der Waals surface area (Å²) in [6, 6.07) is 16.9. The van der Waals surface area contributed by atoms with Gasteiger partial charge in [0, 0.05) is 18.4 Å². The second-order valence-electron chi connectivity index (χ2n) is 10.0. The number of hydrogen-bond donors (Lipinski definition) is 1. The lowest BCUT2D eigenvalue weighted by Crippen LogP contribution is -2.49. The molecule has 1 atom stereocenters. The van der Waals surface area contributed by atoms with E-state index in [2.05, 4.69) is 20.3 Å². The molecule has 1 N–H and O–H groups in total. The lowest BCUT2D eigenvalue weighted by atomic mass is 10.0. The smallest absolute Gasteiger partial charge is 0.237 e. The van der Waals surface area contributed by atoms with E-state index in [9.17, 15) is 4.79 Å². The number of nitrogens with one attached hydrogen (secondary N) is 1. The van der Waals surface area contributed by atoms with Crippen LogP contribution in [-0.4, -0.2) is 70.5 Å². The Labute approximate surface area is 239 Å². The molecule has 1 saturated heterocycles. The van der Waals surface area contributed by atoms with E-state index in [1.165, 1.54) is 6.33 Å². The second-order valence-corrected chi connectivity index (χ2v) is 10.4. The molecule has 1 aliphatic heterocycles. The molecule has 0 radical (unpaired) electrons. The Morgan fingerprint density at radius 2 is 1.95 bits per heavy atom. The molecule has 2 aromatic carbocycles. The summed E-state index contributed by atoms with van der Waals surface area (Å²) in [5, 5.41) is 4.59. The van der Waals surface area contributed by atoms with Crippen LogP contribution in [0.25, 0.3) is 10.9 Å². The van der Waals surface area contributed by atoms with Crippen molar-refractivity contribution in [2.24, 2.45) is 0 Å². The number of pyridine rings is 1. The number of hydrogen-bond acceptors (Lipinski definition) is 8. The van der Waals surface area contributed by atoms with E-state index in [-0.39, 0.29) is 11.9 Å². The molecule has 10 heteroatoms. The zero-order valence-electron chi connectivity index (χ0n) is 22.7. The summed E-state index contributed by atoms with van der Waals surface area (Å²) < 4.78 is 12.2. The molecule has 208 valence electrons. The van der Waals surface area contributed by atoms with Gasteiger partial charge in [0.15, 0.2) is 0 Å². The van der Waals surface area contributed by atoms with Crippen LogP contribution in [0, 0.1) is 0 Å². The molecule has 2 aromatic heterocycles.